The first kappa shape index (κ1) is 15.1. The van der Waals surface area contributed by atoms with Crippen molar-refractivity contribution in [1.29, 1.82) is 0 Å². The first-order valence-corrected chi connectivity index (χ1v) is 8.19. The highest BCUT2D eigenvalue weighted by atomic mass is 32.2. The quantitative estimate of drug-likeness (QED) is 0.811. The number of hydrogen-bond donors (Lipinski definition) is 2. The molecule has 0 saturated heterocycles. The molecule has 0 unspecified atom stereocenters. The molecule has 0 bridgehead atoms. The first-order valence-electron chi connectivity index (χ1n) is 6.30. The lowest BCUT2D eigenvalue weighted by Crippen LogP contribution is -2.20. The van der Waals surface area contributed by atoms with Crippen LogP contribution >= 0.6 is 0 Å². The third-order valence-electron chi connectivity index (χ3n) is 2.75. The number of sulfonamides is 1. The first-order chi connectivity index (χ1) is 9.85. The summed E-state index contributed by atoms with van der Waals surface area (Å²) in [6.07, 6.45) is 1.05. The minimum Gasteiger partial charge on any atom is -0.322 e. The van der Waals surface area contributed by atoms with Crippen molar-refractivity contribution in [3.05, 3.63) is 54.1 Å². The number of amides is 1. The number of rotatable bonds is 4. The van der Waals surface area contributed by atoms with Crippen molar-refractivity contribution < 1.29 is 13.2 Å². The van der Waals surface area contributed by atoms with Crippen LogP contribution in [0.5, 0.6) is 0 Å². The smallest absolute Gasteiger partial charge is 0.257 e. The van der Waals surface area contributed by atoms with Crippen LogP contribution in [0.15, 0.2) is 48.5 Å². The number of benzene rings is 2. The van der Waals surface area contributed by atoms with Crippen LogP contribution in [0.1, 0.15) is 10.4 Å². The maximum atomic E-state index is 12.3. The molecule has 108 valence electrons. The maximum Gasteiger partial charge on any atom is 0.257 e. The van der Waals surface area contributed by atoms with E-state index < -0.39 is 10.0 Å². The van der Waals surface area contributed by atoms with Crippen LogP contribution in [0.25, 0.3) is 0 Å². The van der Waals surface area contributed by atoms with Gasteiger partial charge in [-0.3, -0.25) is 9.52 Å². The van der Waals surface area contributed by atoms with E-state index in [1.165, 1.54) is 0 Å². The molecule has 0 saturated carbocycles. The molecule has 7 heteroatoms. The Hall–Kier alpha value is -2.28. The summed E-state index contributed by atoms with van der Waals surface area (Å²) in [6.45, 7) is 0. The van der Waals surface area contributed by atoms with E-state index in [2.05, 4.69) is 10.0 Å². The van der Waals surface area contributed by atoms with E-state index in [0.717, 1.165) is 11.7 Å². The Morgan fingerprint density at radius 1 is 1.10 bits per heavy atom. The summed E-state index contributed by atoms with van der Waals surface area (Å²) < 4.78 is 25.1. The minimum atomic E-state index is -3.45. The minimum absolute atomic E-state index is 0.261. The number of nitrogens with one attached hydrogen (secondary N) is 2. The monoisotopic (exact) mass is 302 g/mol. The Labute approximate surface area is 124 Å². The predicted octanol–water partition coefficient (Wildman–Crippen LogP) is 0.569. The second-order valence-corrected chi connectivity index (χ2v) is 6.49. The molecule has 2 aromatic rings. The second kappa shape index (κ2) is 6.01. The van der Waals surface area contributed by atoms with Crippen LogP contribution in [0.2, 0.25) is 0 Å². The fourth-order valence-electron chi connectivity index (χ4n) is 1.85. The lowest BCUT2D eigenvalue weighted by atomic mass is 9.93. The average molecular weight is 302 g/mol. The lowest BCUT2D eigenvalue weighted by Gasteiger charge is -2.12. The average Bonchev–Trinajstić information content (AvgIpc) is 2.40. The molecule has 2 N–H and O–H groups in total. The van der Waals surface area contributed by atoms with Crippen molar-refractivity contribution in [2.75, 3.05) is 16.3 Å². The Morgan fingerprint density at radius 2 is 1.76 bits per heavy atom. The molecule has 0 spiro atoms. The lowest BCUT2D eigenvalue weighted by molar-refractivity contribution is 0.102. The highest BCUT2D eigenvalue weighted by Crippen LogP contribution is 2.17. The van der Waals surface area contributed by atoms with Gasteiger partial charge in [-0.25, -0.2) is 8.42 Å². The number of carbonyl (C=O) groups excluding carboxylic acids is 1. The fourth-order valence-corrected chi connectivity index (χ4v) is 2.43. The van der Waals surface area contributed by atoms with Gasteiger partial charge in [-0.05, 0) is 18.2 Å². The number of anilines is 2. The molecule has 0 aromatic heterocycles. The maximum absolute atomic E-state index is 12.3. The summed E-state index contributed by atoms with van der Waals surface area (Å²) in [5.74, 6) is -0.365. The normalized spacial score (nSPS) is 10.9. The van der Waals surface area contributed by atoms with Gasteiger partial charge in [0.2, 0.25) is 10.0 Å². The van der Waals surface area contributed by atoms with Crippen molar-refractivity contribution in [2.24, 2.45) is 0 Å². The summed E-state index contributed by atoms with van der Waals surface area (Å²) in [7, 11) is -1.61. The van der Waals surface area contributed by atoms with Crippen molar-refractivity contribution >= 4 is 40.6 Å². The van der Waals surface area contributed by atoms with Gasteiger partial charge in [-0.15, -0.1) is 0 Å². The van der Waals surface area contributed by atoms with Gasteiger partial charge < -0.3 is 5.32 Å². The van der Waals surface area contributed by atoms with Crippen LogP contribution in [0, 0.1) is 0 Å². The van der Waals surface area contributed by atoms with E-state index in [1.54, 1.807) is 30.3 Å². The van der Waals surface area contributed by atoms with Gasteiger partial charge in [0, 0.05) is 5.69 Å². The largest absolute Gasteiger partial charge is 0.322 e. The van der Waals surface area contributed by atoms with Crippen LogP contribution < -0.4 is 15.5 Å². The Balaban J connectivity index is 2.33. The van der Waals surface area contributed by atoms with Crippen LogP contribution in [-0.4, -0.2) is 28.4 Å². The van der Waals surface area contributed by atoms with Crippen molar-refractivity contribution in [2.45, 2.75) is 0 Å². The number of para-hydroxylation sites is 1. The number of hydrogen-bond acceptors (Lipinski definition) is 3. The zero-order chi connectivity index (χ0) is 15.5. The van der Waals surface area contributed by atoms with Gasteiger partial charge in [0.25, 0.3) is 5.91 Å². The molecule has 0 heterocycles. The van der Waals surface area contributed by atoms with E-state index in [9.17, 15) is 13.2 Å². The van der Waals surface area contributed by atoms with Gasteiger partial charge in [0.15, 0.2) is 0 Å². The number of carbonyl (C=O) groups is 1. The van der Waals surface area contributed by atoms with Gasteiger partial charge >= 0.3 is 0 Å². The Bertz CT molecular complexity index is 761. The molecule has 5 nitrogen and oxygen atoms in total. The van der Waals surface area contributed by atoms with Crippen molar-refractivity contribution in [3.63, 3.8) is 0 Å². The van der Waals surface area contributed by atoms with Crippen LogP contribution in [0.3, 0.4) is 0 Å². The molecule has 1 amide bonds. The van der Waals surface area contributed by atoms with Gasteiger partial charge in [0.05, 0.1) is 17.5 Å². The summed E-state index contributed by atoms with van der Waals surface area (Å²) in [5.41, 5.74) is 2.06. The highest BCUT2D eigenvalue weighted by Gasteiger charge is 2.14. The van der Waals surface area contributed by atoms with Gasteiger partial charge in [-0.2, -0.15) is 0 Å². The van der Waals surface area contributed by atoms with Gasteiger partial charge in [-0.1, -0.05) is 35.8 Å². The zero-order valence-corrected chi connectivity index (χ0v) is 12.6. The van der Waals surface area contributed by atoms with E-state index in [1.807, 2.05) is 26.0 Å². The summed E-state index contributed by atoms with van der Waals surface area (Å²) >= 11 is 0. The molecule has 0 fully saturated rings. The van der Waals surface area contributed by atoms with E-state index in [-0.39, 0.29) is 17.2 Å². The van der Waals surface area contributed by atoms with Crippen molar-refractivity contribution in [1.82, 2.24) is 0 Å². The molecule has 2 rings (SSSR count). The third-order valence-corrected chi connectivity index (χ3v) is 3.34. The molecule has 0 aliphatic heterocycles. The standard InChI is InChI=1S/C14H15BN2O3S/c1-21(19,20)17-13-8-7-10(15)9-12(13)14(18)16-11-5-3-2-4-6-11/h2-9,17H,15H2,1H3,(H,16,18). The second-order valence-electron chi connectivity index (χ2n) is 4.74. The molecule has 0 atom stereocenters. The molecule has 0 aliphatic carbocycles. The predicted molar refractivity (Wildman–Crippen MR) is 87.5 cm³/mol. The molecule has 21 heavy (non-hydrogen) atoms. The molecular formula is C14H15BN2O3S. The summed E-state index contributed by atoms with van der Waals surface area (Å²) in [5, 5.41) is 2.74. The SMILES string of the molecule is Bc1ccc(NS(C)(=O)=O)c(C(=O)Nc2ccccc2)c1. The molecular weight excluding hydrogens is 287 g/mol. The Kier molecular flexibility index (Phi) is 4.33. The third kappa shape index (κ3) is 4.35. The topological polar surface area (TPSA) is 75.3 Å². The summed E-state index contributed by atoms with van der Waals surface area (Å²) in [4.78, 5) is 12.3. The summed E-state index contributed by atoms with van der Waals surface area (Å²) in [6, 6.07) is 14.0. The van der Waals surface area contributed by atoms with Crippen molar-refractivity contribution in [3.8, 4) is 0 Å². The molecule has 0 radical (unpaired) electrons. The fraction of sp³-hybridized carbons (Fsp3) is 0.0714. The zero-order valence-electron chi connectivity index (χ0n) is 11.8. The van der Waals surface area contributed by atoms with Crippen LogP contribution in [-0.2, 0) is 10.0 Å². The van der Waals surface area contributed by atoms with Crippen LogP contribution in [0.4, 0.5) is 11.4 Å². The molecule has 2 aromatic carbocycles. The van der Waals surface area contributed by atoms with E-state index in [0.29, 0.717) is 5.69 Å². The Morgan fingerprint density at radius 3 is 2.38 bits per heavy atom. The van der Waals surface area contributed by atoms with Gasteiger partial charge in [0.1, 0.15) is 7.85 Å². The van der Waals surface area contributed by atoms with E-state index >= 15 is 0 Å². The molecule has 0 aliphatic rings. The highest BCUT2D eigenvalue weighted by molar-refractivity contribution is 7.92. The van der Waals surface area contributed by atoms with E-state index in [4.69, 9.17) is 0 Å².